The molecule has 2 rings (SSSR count). The zero-order valence-electron chi connectivity index (χ0n) is 18.2. The van der Waals surface area contributed by atoms with E-state index in [2.05, 4.69) is 23.7 Å². The van der Waals surface area contributed by atoms with Gasteiger partial charge in [0.1, 0.15) is 11.6 Å². The van der Waals surface area contributed by atoms with Crippen LogP contribution in [0.2, 0.25) is 0 Å². The molecule has 158 valence electrons. The molecule has 1 atom stereocenters. The van der Waals surface area contributed by atoms with E-state index < -0.39 is 17.9 Å². The Hall–Kier alpha value is -3.33. The van der Waals surface area contributed by atoms with Crippen molar-refractivity contribution in [2.75, 3.05) is 7.11 Å². The lowest BCUT2D eigenvalue weighted by molar-refractivity contribution is -0.141. The number of carbonyl (C=O) groups is 2. The molecule has 6 heteroatoms. The van der Waals surface area contributed by atoms with Crippen molar-refractivity contribution in [2.45, 2.75) is 46.7 Å². The number of benzene rings is 1. The van der Waals surface area contributed by atoms with Crippen LogP contribution in [0.5, 0.6) is 0 Å². The lowest BCUT2D eigenvalue weighted by Gasteiger charge is -2.18. The molecule has 0 saturated carbocycles. The number of hydrogen-bond donors (Lipinski definition) is 1. The average Bonchev–Trinajstić information content (AvgIpc) is 2.98. The summed E-state index contributed by atoms with van der Waals surface area (Å²) in [6.07, 6.45) is 1.59. The minimum atomic E-state index is -0.587. The molecule has 0 saturated heterocycles. The summed E-state index contributed by atoms with van der Waals surface area (Å²) >= 11 is 0. The third-order valence-corrected chi connectivity index (χ3v) is 4.93. The summed E-state index contributed by atoms with van der Waals surface area (Å²) in [6.45, 7) is 9.16. The number of esters is 1. The van der Waals surface area contributed by atoms with Crippen LogP contribution in [0.15, 0.2) is 42.0 Å². The Morgan fingerprint density at radius 1 is 1.23 bits per heavy atom. The van der Waals surface area contributed by atoms with Crippen molar-refractivity contribution in [1.29, 1.82) is 5.26 Å². The number of nitrogens with one attached hydrogen (secondary N) is 1. The summed E-state index contributed by atoms with van der Waals surface area (Å²) in [4.78, 5) is 24.7. The average molecular weight is 408 g/mol. The second kappa shape index (κ2) is 10.4. The summed E-state index contributed by atoms with van der Waals surface area (Å²) in [5, 5.41) is 12.4. The van der Waals surface area contributed by atoms with Crippen molar-refractivity contribution in [3.05, 3.63) is 64.5 Å². The summed E-state index contributed by atoms with van der Waals surface area (Å²) < 4.78 is 6.94. The molecule has 1 amide bonds. The van der Waals surface area contributed by atoms with E-state index in [9.17, 15) is 14.9 Å². The van der Waals surface area contributed by atoms with Crippen LogP contribution in [0.25, 0.3) is 6.08 Å². The first-order valence-corrected chi connectivity index (χ1v) is 9.98. The van der Waals surface area contributed by atoms with Crippen LogP contribution in [0.4, 0.5) is 0 Å². The molecule has 1 aromatic heterocycles. The molecule has 0 bridgehead atoms. The van der Waals surface area contributed by atoms with Crippen molar-refractivity contribution in [3.8, 4) is 6.07 Å². The van der Waals surface area contributed by atoms with Gasteiger partial charge in [-0.25, -0.2) is 0 Å². The van der Waals surface area contributed by atoms with Crippen molar-refractivity contribution in [3.63, 3.8) is 0 Å². The molecule has 0 radical (unpaired) electrons. The minimum Gasteiger partial charge on any atom is -0.469 e. The number of aromatic nitrogens is 1. The van der Waals surface area contributed by atoms with Crippen molar-refractivity contribution >= 4 is 18.0 Å². The molecular weight excluding hydrogens is 378 g/mol. The van der Waals surface area contributed by atoms with Gasteiger partial charge in [0.2, 0.25) is 0 Å². The van der Waals surface area contributed by atoms with Crippen molar-refractivity contribution in [2.24, 2.45) is 5.92 Å². The maximum atomic E-state index is 12.9. The molecule has 1 aromatic carbocycles. The Bertz CT molecular complexity index is 966. The van der Waals surface area contributed by atoms with Crippen LogP contribution in [0, 0.1) is 31.1 Å². The van der Waals surface area contributed by atoms with Crippen LogP contribution < -0.4 is 5.32 Å². The number of rotatable bonds is 8. The van der Waals surface area contributed by atoms with Gasteiger partial charge in [0.15, 0.2) is 0 Å². The first-order valence-electron chi connectivity index (χ1n) is 9.98. The first-order chi connectivity index (χ1) is 14.3. The molecule has 0 fully saturated rings. The summed E-state index contributed by atoms with van der Waals surface area (Å²) in [6, 6.07) is 12.5. The number of nitriles is 1. The van der Waals surface area contributed by atoms with E-state index in [-0.39, 0.29) is 12.0 Å². The standard InChI is InChI=1S/C24H29N3O3/c1-16(2)15-27-17(3)11-20(18(27)4)12-21(14-25)24(29)26-22(13-23(28)30-5)19-9-7-6-8-10-19/h6-12,16,22H,13,15H2,1-5H3,(H,26,29)/b21-12+. The van der Waals surface area contributed by atoms with Crippen LogP contribution in [0.3, 0.4) is 0 Å². The number of methoxy groups -OCH3 is 1. The van der Waals surface area contributed by atoms with Gasteiger partial charge in [-0.2, -0.15) is 5.26 Å². The zero-order chi connectivity index (χ0) is 22.3. The van der Waals surface area contributed by atoms with Crippen LogP contribution >= 0.6 is 0 Å². The largest absolute Gasteiger partial charge is 0.469 e. The second-order valence-corrected chi connectivity index (χ2v) is 7.72. The van der Waals surface area contributed by atoms with Crippen LogP contribution in [-0.4, -0.2) is 23.6 Å². The monoisotopic (exact) mass is 407 g/mol. The fourth-order valence-electron chi connectivity index (χ4n) is 3.35. The summed E-state index contributed by atoms with van der Waals surface area (Å²) in [5.74, 6) is -0.483. The number of nitrogens with zero attached hydrogens (tertiary/aromatic N) is 2. The quantitative estimate of drug-likeness (QED) is 0.406. The number of aryl methyl sites for hydroxylation is 1. The predicted molar refractivity (Wildman–Crippen MR) is 116 cm³/mol. The van der Waals surface area contributed by atoms with Crippen LogP contribution in [-0.2, 0) is 20.9 Å². The maximum absolute atomic E-state index is 12.9. The van der Waals surface area contributed by atoms with Crippen molar-refractivity contribution in [1.82, 2.24) is 9.88 Å². The molecule has 30 heavy (non-hydrogen) atoms. The highest BCUT2D eigenvalue weighted by Crippen LogP contribution is 2.21. The highest BCUT2D eigenvalue weighted by Gasteiger charge is 2.21. The van der Waals surface area contributed by atoms with Gasteiger partial charge in [0, 0.05) is 17.9 Å². The van der Waals surface area contributed by atoms with Gasteiger partial charge in [-0.3, -0.25) is 9.59 Å². The molecule has 0 spiro atoms. The molecule has 1 heterocycles. The van der Waals surface area contributed by atoms with E-state index in [0.29, 0.717) is 5.92 Å². The minimum absolute atomic E-state index is 0.00871. The van der Waals surface area contributed by atoms with Gasteiger partial charge in [0.25, 0.3) is 5.91 Å². The molecule has 1 unspecified atom stereocenters. The molecular formula is C24H29N3O3. The van der Waals surface area contributed by atoms with E-state index in [1.165, 1.54) is 7.11 Å². The Morgan fingerprint density at radius 3 is 2.47 bits per heavy atom. The fourth-order valence-corrected chi connectivity index (χ4v) is 3.35. The van der Waals surface area contributed by atoms with Crippen LogP contribution in [0.1, 0.15) is 48.8 Å². The SMILES string of the molecule is COC(=O)CC(NC(=O)/C(C#N)=C/c1cc(C)n(CC(C)C)c1C)c1ccccc1. The lowest BCUT2D eigenvalue weighted by atomic mass is 10.0. The van der Waals surface area contributed by atoms with Gasteiger partial charge in [-0.1, -0.05) is 44.2 Å². The number of hydrogen-bond acceptors (Lipinski definition) is 4. The molecule has 0 aliphatic rings. The molecule has 6 nitrogen and oxygen atoms in total. The Morgan fingerprint density at radius 2 is 1.90 bits per heavy atom. The zero-order valence-corrected chi connectivity index (χ0v) is 18.2. The Balaban J connectivity index is 2.30. The third-order valence-electron chi connectivity index (χ3n) is 4.93. The Labute approximate surface area is 178 Å². The van der Waals surface area contributed by atoms with Gasteiger partial charge < -0.3 is 14.6 Å². The topological polar surface area (TPSA) is 84.1 Å². The fraction of sp³-hybridized carbons (Fsp3) is 0.375. The first kappa shape index (κ1) is 23.0. The number of ether oxygens (including phenoxy) is 1. The van der Waals surface area contributed by atoms with E-state index >= 15 is 0 Å². The second-order valence-electron chi connectivity index (χ2n) is 7.72. The van der Waals surface area contributed by atoms with Gasteiger partial charge in [-0.15, -0.1) is 0 Å². The molecule has 1 N–H and O–H groups in total. The van der Waals surface area contributed by atoms with Crippen molar-refractivity contribution < 1.29 is 14.3 Å². The normalized spacial score (nSPS) is 12.4. The van der Waals surface area contributed by atoms with Gasteiger partial charge in [0.05, 0.1) is 19.6 Å². The molecule has 0 aliphatic carbocycles. The predicted octanol–water partition coefficient (Wildman–Crippen LogP) is 4.09. The van der Waals surface area contributed by atoms with E-state index in [1.807, 2.05) is 56.3 Å². The number of carbonyl (C=O) groups excluding carboxylic acids is 2. The summed E-state index contributed by atoms with van der Waals surface area (Å²) in [5.41, 5.74) is 3.69. The van der Waals surface area contributed by atoms with E-state index in [4.69, 9.17) is 4.74 Å². The maximum Gasteiger partial charge on any atom is 0.307 e. The van der Waals surface area contributed by atoms with E-state index in [1.54, 1.807) is 6.08 Å². The highest BCUT2D eigenvalue weighted by molar-refractivity contribution is 6.02. The Kier molecular flexibility index (Phi) is 7.99. The van der Waals surface area contributed by atoms with Gasteiger partial charge >= 0.3 is 5.97 Å². The smallest absolute Gasteiger partial charge is 0.307 e. The third kappa shape index (κ3) is 5.84. The van der Waals surface area contributed by atoms with E-state index in [0.717, 1.165) is 29.1 Å². The highest BCUT2D eigenvalue weighted by atomic mass is 16.5. The molecule has 2 aromatic rings. The summed E-state index contributed by atoms with van der Waals surface area (Å²) in [7, 11) is 1.31. The lowest BCUT2D eigenvalue weighted by Crippen LogP contribution is -2.31. The van der Waals surface area contributed by atoms with Gasteiger partial charge in [-0.05, 0) is 43.0 Å². The number of amides is 1. The molecule has 0 aliphatic heterocycles.